The summed E-state index contributed by atoms with van der Waals surface area (Å²) in [5, 5.41) is 2.69. The van der Waals surface area contributed by atoms with Crippen molar-refractivity contribution in [3.8, 4) is 0 Å². The van der Waals surface area contributed by atoms with Crippen molar-refractivity contribution in [1.82, 2.24) is 5.32 Å². The van der Waals surface area contributed by atoms with Gasteiger partial charge in [0.05, 0.1) is 5.69 Å². The molecule has 1 aliphatic rings. The van der Waals surface area contributed by atoms with Gasteiger partial charge in [0.2, 0.25) is 0 Å². The van der Waals surface area contributed by atoms with Crippen LogP contribution >= 0.6 is 11.8 Å². The van der Waals surface area contributed by atoms with Crippen molar-refractivity contribution in [2.75, 3.05) is 22.6 Å². The fraction of sp³-hybridized carbons (Fsp3) is 0.333. The van der Waals surface area contributed by atoms with E-state index in [2.05, 4.69) is 5.32 Å². The SMILES string of the molecule is CSCC[C@H]1NC(=O)N(c2cccc(N)c2)C1=O. The molecule has 18 heavy (non-hydrogen) atoms. The predicted octanol–water partition coefficient (Wildman–Crippen LogP) is 1.45. The molecule has 0 aromatic heterocycles. The highest BCUT2D eigenvalue weighted by Crippen LogP contribution is 2.22. The molecule has 1 aromatic carbocycles. The molecule has 0 aliphatic carbocycles. The number of rotatable bonds is 4. The molecule has 1 aliphatic heterocycles. The Bertz CT molecular complexity index is 478. The van der Waals surface area contributed by atoms with Crippen LogP contribution in [0.3, 0.4) is 0 Å². The van der Waals surface area contributed by atoms with Gasteiger partial charge in [0.1, 0.15) is 6.04 Å². The zero-order valence-corrected chi connectivity index (χ0v) is 10.9. The molecular weight excluding hydrogens is 250 g/mol. The minimum Gasteiger partial charge on any atom is -0.399 e. The van der Waals surface area contributed by atoms with E-state index in [4.69, 9.17) is 5.73 Å². The van der Waals surface area contributed by atoms with Gasteiger partial charge >= 0.3 is 6.03 Å². The highest BCUT2D eigenvalue weighted by Gasteiger charge is 2.38. The van der Waals surface area contributed by atoms with E-state index in [1.165, 1.54) is 0 Å². The molecule has 0 unspecified atom stereocenters. The Morgan fingerprint density at radius 3 is 2.89 bits per heavy atom. The Kier molecular flexibility index (Phi) is 3.76. The number of carbonyl (C=O) groups is 2. The maximum absolute atomic E-state index is 12.1. The molecule has 2 rings (SSSR count). The van der Waals surface area contributed by atoms with Gasteiger partial charge in [0.25, 0.3) is 5.91 Å². The van der Waals surface area contributed by atoms with Crippen molar-refractivity contribution in [3.05, 3.63) is 24.3 Å². The second-order valence-corrected chi connectivity index (χ2v) is 5.04. The number of thioether (sulfide) groups is 1. The van der Waals surface area contributed by atoms with Crippen LogP contribution in [-0.2, 0) is 4.79 Å². The molecule has 1 fully saturated rings. The van der Waals surface area contributed by atoms with Gasteiger partial charge in [-0.2, -0.15) is 11.8 Å². The predicted molar refractivity (Wildman–Crippen MR) is 73.7 cm³/mol. The van der Waals surface area contributed by atoms with Crippen LogP contribution in [0.2, 0.25) is 0 Å². The summed E-state index contributed by atoms with van der Waals surface area (Å²) >= 11 is 1.65. The summed E-state index contributed by atoms with van der Waals surface area (Å²) in [6.07, 6.45) is 2.61. The van der Waals surface area contributed by atoms with Gasteiger partial charge in [0, 0.05) is 5.69 Å². The zero-order chi connectivity index (χ0) is 13.1. The number of nitrogens with one attached hydrogen (secondary N) is 1. The number of imide groups is 1. The van der Waals surface area contributed by atoms with Crippen LogP contribution in [0, 0.1) is 0 Å². The minimum atomic E-state index is -0.425. The number of benzene rings is 1. The first-order valence-corrected chi connectivity index (χ1v) is 7.02. The number of nitrogen functional groups attached to an aromatic ring is 1. The largest absolute Gasteiger partial charge is 0.399 e. The molecule has 1 saturated heterocycles. The average molecular weight is 265 g/mol. The van der Waals surface area contributed by atoms with E-state index in [0.717, 1.165) is 10.7 Å². The number of anilines is 2. The molecular formula is C12H15N3O2S. The molecule has 1 heterocycles. The van der Waals surface area contributed by atoms with Gasteiger partial charge in [-0.05, 0) is 36.6 Å². The van der Waals surface area contributed by atoms with Crippen LogP contribution in [0.25, 0.3) is 0 Å². The van der Waals surface area contributed by atoms with Gasteiger partial charge in [0.15, 0.2) is 0 Å². The lowest BCUT2D eigenvalue weighted by molar-refractivity contribution is -0.118. The van der Waals surface area contributed by atoms with Crippen LogP contribution in [0.4, 0.5) is 16.2 Å². The summed E-state index contributed by atoms with van der Waals surface area (Å²) in [5.74, 6) is 0.626. The third-order valence-corrected chi connectivity index (χ3v) is 3.40. The van der Waals surface area contributed by atoms with Crippen molar-refractivity contribution < 1.29 is 9.59 Å². The smallest absolute Gasteiger partial charge is 0.329 e. The number of nitrogens with two attached hydrogens (primary N) is 1. The molecule has 0 bridgehead atoms. The highest BCUT2D eigenvalue weighted by molar-refractivity contribution is 7.98. The van der Waals surface area contributed by atoms with E-state index in [0.29, 0.717) is 17.8 Å². The Morgan fingerprint density at radius 1 is 1.44 bits per heavy atom. The lowest BCUT2D eigenvalue weighted by Crippen LogP contribution is -2.31. The van der Waals surface area contributed by atoms with E-state index in [1.807, 2.05) is 6.26 Å². The zero-order valence-electron chi connectivity index (χ0n) is 10.1. The minimum absolute atomic E-state index is 0.209. The summed E-state index contributed by atoms with van der Waals surface area (Å²) in [4.78, 5) is 25.1. The Balaban J connectivity index is 2.19. The summed E-state index contributed by atoms with van der Waals surface area (Å²) in [5.41, 5.74) is 6.71. The molecule has 0 radical (unpaired) electrons. The molecule has 1 atom stereocenters. The fourth-order valence-corrected chi connectivity index (χ4v) is 2.34. The quantitative estimate of drug-likeness (QED) is 0.638. The maximum atomic E-state index is 12.1. The van der Waals surface area contributed by atoms with Gasteiger partial charge in [-0.25, -0.2) is 9.69 Å². The van der Waals surface area contributed by atoms with Crippen molar-refractivity contribution in [3.63, 3.8) is 0 Å². The van der Waals surface area contributed by atoms with Crippen molar-refractivity contribution in [2.24, 2.45) is 0 Å². The third kappa shape index (κ3) is 2.43. The summed E-state index contributed by atoms with van der Waals surface area (Å²) in [6, 6.07) is 5.95. The van der Waals surface area contributed by atoms with E-state index in [9.17, 15) is 9.59 Å². The number of nitrogens with zero attached hydrogens (tertiary/aromatic N) is 1. The fourth-order valence-electron chi connectivity index (χ4n) is 1.87. The number of urea groups is 1. The molecule has 1 aromatic rings. The van der Waals surface area contributed by atoms with Crippen LogP contribution in [0.5, 0.6) is 0 Å². The lowest BCUT2D eigenvalue weighted by Gasteiger charge is -2.13. The van der Waals surface area contributed by atoms with Gasteiger partial charge in [-0.3, -0.25) is 4.79 Å². The van der Waals surface area contributed by atoms with Gasteiger partial charge in [-0.15, -0.1) is 0 Å². The standard InChI is InChI=1S/C12H15N3O2S/c1-18-6-5-10-11(16)15(12(17)14-10)9-4-2-3-8(13)7-9/h2-4,7,10H,5-6,13H2,1H3,(H,14,17)/t10-/m1/s1. The van der Waals surface area contributed by atoms with E-state index in [-0.39, 0.29) is 11.9 Å². The number of carbonyl (C=O) groups excluding carboxylic acids is 2. The summed E-state index contributed by atoms with van der Waals surface area (Å²) in [7, 11) is 0. The third-order valence-electron chi connectivity index (χ3n) is 2.76. The Hall–Kier alpha value is -1.69. The first-order chi connectivity index (χ1) is 8.63. The van der Waals surface area contributed by atoms with E-state index in [1.54, 1.807) is 36.0 Å². The lowest BCUT2D eigenvalue weighted by atomic mass is 10.2. The Labute approximate surface area is 110 Å². The second-order valence-electron chi connectivity index (χ2n) is 4.05. The molecule has 3 amide bonds. The topological polar surface area (TPSA) is 75.4 Å². The normalized spacial score (nSPS) is 19.2. The number of hydrogen-bond donors (Lipinski definition) is 2. The van der Waals surface area contributed by atoms with E-state index >= 15 is 0 Å². The van der Waals surface area contributed by atoms with Crippen molar-refractivity contribution in [2.45, 2.75) is 12.5 Å². The summed E-state index contributed by atoms with van der Waals surface area (Å²) < 4.78 is 0. The van der Waals surface area contributed by atoms with E-state index < -0.39 is 6.04 Å². The van der Waals surface area contributed by atoms with Crippen LogP contribution in [0.1, 0.15) is 6.42 Å². The van der Waals surface area contributed by atoms with Gasteiger partial charge in [-0.1, -0.05) is 6.07 Å². The molecule has 96 valence electrons. The monoisotopic (exact) mass is 265 g/mol. The van der Waals surface area contributed by atoms with Crippen LogP contribution < -0.4 is 16.0 Å². The molecule has 6 heteroatoms. The maximum Gasteiger partial charge on any atom is 0.329 e. The van der Waals surface area contributed by atoms with Crippen LogP contribution in [0.15, 0.2) is 24.3 Å². The van der Waals surface area contributed by atoms with Crippen molar-refractivity contribution >= 4 is 35.1 Å². The molecule has 0 spiro atoms. The average Bonchev–Trinajstić information content (AvgIpc) is 2.62. The van der Waals surface area contributed by atoms with Crippen molar-refractivity contribution in [1.29, 1.82) is 0 Å². The van der Waals surface area contributed by atoms with Crippen LogP contribution in [-0.4, -0.2) is 30.0 Å². The first-order valence-electron chi connectivity index (χ1n) is 5.62. The second kappa shape index (κ2) is 5.30. The highest BCUT2D eigenvalue weighted by atomic mass is 32.2. The molecule has 3 N–H and O–H groups in total. The molecule has 0 saturated carbocycles. The number of hydrogen-bond acceptors (Lipinski definition) is 4. The Morgan fingerprint density at radius 2 is 2.22 bits per heavy atom. The summed E-state index contributed by atoms with van der Waals surface area (Å²) in [6.45, 7) is 0. The first kappa shape index (κ1) is 12.8. The molecule has 5 nitrogen and oxygen atoms in total. The van der Waals surface area contributed by atoms with Gasteiger partial charge < -0.3 is 11.1 Å². The number of amides is 3.